The number of pyridine rings is 1. The molecule has 0 aliphatic rings. The lowest BCUT2D eigenvalue weighted by molar-refractivity contribution is 0.309. The molecule has 4 aromatic rings. The van der Waals surface area contributed by atoms with Crippen LogP contribution in [0.1, 0.15) is 16.7 Å². The maximum absolute atomic E-state index is 5.99. The fraction of sp³-hybridized carbons (Fsp3) is 0.0417. The Labute approximate surface area is 153 Å². The molecule has 2 nitrogen and oxygen atoms in total. The van der Waals surface area contributed by atoms with E-state index in [0.717, 1.165) is 22.2 Å². The lowest BCUT2D eigenvalue weighted by atomic mass is 10.1. The third kappa shape index (κ3) is 3.81. The lowest BCUT2D eigenvalue weighted by Gasteiger charge is -2.09. The zero-order chi connectivity index (χ0) is 17.6. The molecule has 0 bridgehead atoms. The van der Waals surface area contributed by atoms with Crippen molar-refractivity contribution in [1.29, 1.82) is 0 Å². The first-order chi connectivity index (χ1) is 12.9. The molecule has 1 aromatic heterocycles. The molecule has 0 saturated heterocycles. The summed E-state index contributed by atoms with van der Waals surface area (Å²) in [5.74, 6) is 0.816. The Morgan fingerprint density at radius 2 is 1.42 bits per heavy atom. The maximum Gasteiger partial charge on any atom is 0.146 e. The molecule has 0 unspecified atom stereocenters. The fourth-order valence-electron chi connectivity index (χ4n) is 2.84. The average Bonchev–Trinajstić information content (AvgIpc) is 2.72. The lowest BCUT2D eigenvalue weighted by Crippen LogP contribution is -1.96. The summed E-state index contributed by atoms with van der Waals surface area (Å²) in [4.78, 5) is 4.43. The van der Waals surface area contributed by atoms with Gasteiger partial charge in [-0.2, -0.15) is 0 Å². The van der Waals surface area contributed by atoms with Crippen molar-refractivity contribution >= 4 is 23.1 Å². The van der Waals surface area contributed by atoms with Crippen LogP contribution >= 0.6 is 0 Å². The predicted octanol–water partition coefficient (Wildman–Crippen LogP) is 5.98. The van der Waals surface area contributed by atoms with Gasteiger partial charge in [-0.3, -0.25) is 4.98 Å². The van der Waals surface area contributed by atoms with E-state index in [-0.39, 0.29) is 0 Å². The quantitative estimate of drug-likeness (QED) is 0.418. The minimum atomic E-state index is 0.526. The SMILES string of the molecule is C(=Cc1ccc(COc2cccc3cccnc23)cc1)c1ccccc1. The summed E-state index contributed by atoms with van der Waals surface area (Å²) >= 11 is 0. The number of benzene rings is 3. The zero-order valence-electron chi connectivity index (χ0n) is 14.4. The molecule has 2 heteroatoms. The second kappa shape index (κ2) is 7.66. The van der Waals surface area contributed by atoms with Crippen molar-refractivity contribution in [3.05, 3.63) is 108 Å². The van der Waals surface area contributed by atoms with E-state index in [0.29, 0.717) is 6.61 Å². The summed E-state index contributed by atoms with van der Waals surface area (Å²) in [6, 6.07) is 28.7. The van der Waals surface area contributed by atoms with Gasteiger partial charge < -0.3 is 4.74 Å². The Morgan fingerprint density at radius 1 is 0.692 bits per heavy atom. The van der Waals surface area contributed by atoms with Crippen molar-refractivity contribution in [3.63, 3.8) is 0 Å². The Balaban J connectivity index is 1.43. The molecule has 0 aliphatic heterocycles. The van der Waals surface area contributed by atoms with Gasteiger partial charge in [-0.1, -0.05) is 84.9 Å². The minimum absolute atomic E-state index is 0.526. The summed E-state index contributed by atoms with van der Waals surface area (Å²) in [6.07, 6.45) is 6.03. The highest BCUT2D eigenvalue weighted by atomic mass is 16.5. The number of ether oxygens (including phenoxy) is 1. The summed E-state index contributed by atoms with van der Waals surface area (Å²) < 4.78 is 5.99. The third-order valence-corrected chi connectivity index (χ3v) is 4.24. The topological polar surface area (TPSA) is 22.1 Å². The monoisotopic (exact) mass is 337 g/mol. The summed E-state index contributed by atoms with van der Waals surface area (Å²) in [5, 5.41) is 1.09. The van der Waals surface area contributed by atoms with Gasteiger partial charge in [0.25, 0.3) is 0 Å². The number of hydrogen-bond donors (Lipinski definition) is 0. The van der Waals surface area contributed by atoms with Crippen LogP contribution in [0, 0.1) is 0 Å². The second-order valence-corrected chi connectivity index (χ2v) is 6.11. The van der Waals surface area contributed by atoms with E-state index in [1.807, 2.05) is 48.5 Å². The summed E-state index contributed by atoms with van der Waals surface area (Å²) in [7, 11) is 0. The Kier molecular flexibility index (Phi) is 4.74. The molecule has 0 N–H and O–H groups in total. The molecule has 0 radical (unpaired) electrons. The van der Waals surface area contributed by atoms with Crippen LogP contribution in [0.5, 0.6) is 5.75 Å². The van der Waals surface area contributed by atoms with E-state index >= 15 is 0 Å². The van der Waals surface area contributed by atoms with E-state index < -0.39 is 0 Å². The first kappa shape index (κ1) is 16.1. The largest absolute Gasteiger partial charge is 0.487 e. The number of aromatic nitrogens is 1. The van der Waals surface area contributed by atoms with Gasteiger partial charge in [0.15, 0.2) is 0 Å². The Bertz CT molecular complexity index is 1020. The Morgan fingerprint density at radius 3 is 2.23 bits per heavy atom. The molecular weight excluding hydrogens is 318 g/mol. The zero-order valence-corrected chi connectivity index (χ0v) is 14.4. The van der Waals surface area contributed by atoms with Crippen LogP contribution < -0.4 is 4.74 Å². The second-order valence-electron chi connectivity index (χ2n) is 6.11. The highest BCUT2D eigenvalue weighted by Crippen LogP contribution is 2.24. The highest BCUT2D eigenvalue weighted by Gasteiger charge is 2.03. The number of fused-ring (bicyclic) bond motifs is 1. The van der Waals surface area contributed by atoms with E-state index in [1.165, 1.54) is 11.1 Å². The van der Waals surface area contributed by atoms with Crippen LogP contribution in [0.15, 0.2) is 91.1 Å². The molecule has 0 spiro atoms. The smallest absolute Gasteiger partial charge is 0.146 e. The molecule has 126 valence electrons. The predicted molar refractivity (Wildman–Crippen MR) is 108 cm³/mol. The van der Waals surface area contributed by atoms with Crippen molar-refractivity contribution in [2.45, 2.75) is 6.61 Å². The number of hydrogen-bond acceptors (Lipinski definition) is 2. The Hall–Kier alpha value is -3.39. The third-order valence-electron chi connectivity index (χ3n) is 4.24. The molecular formula is C24H19NO. The van der Waals surface area contributed by atoms with Gasteiger partial charge in [-0.25, -0.2) is 0 Å². The first-order valence-corrected chi connectivity index (χ1v) is 8.67. The highest BCUT2D eigenvalue weighted by molar-refractivity contribution is 5.84. The molecule has 0 fully saturated rings. The van der Waals surface area contributed by atoms with E-state index in [4.69, 9.17) is 4.74 Å². The number of para-hydroxylation sites is 1. The van der Waals surface area contributed by atoms with Gasteiger partial charge in [0.1, 0.15) is 17.9 Å². The standard InChI is InChI=1S/C24H19NO/c1-2-6-19(7-3-1)11-12-20-13-15-21(16-14-20)18-26-23-10-4-8-22-9-5-17-25-24(22)23/h1-17H,18H2. The van der Waals surface area contributed by atoms with Crippen LogP contribution in [0.4, 0.5) is 0 Å². The average molecular weight is 337 g/mol. The van der Waals surface area contributed by atoms with Gasteiger partial charge in [0, 0.05) is 11.6 Å². The number of rotatable bonds is 5. The molecule has 3 aromatic carbocycles. The van der Waals surface area contributed by atoms with E-state index in [2.05, 4.69) is 53.5 Å². The molecule has 0 amide bonds. The molecule has 4 rings (SSSR count). The van der Waals surface area contributed by atoms with E-state index in [9.17, 15) is 0 Å². The van der Waals surface area contributed by atoms with Crippen molar-refractivity contribution in [3.8, 4) is 5.75 Å². The maximum atomic E-state index is 5.99. The van der Waals surface area contributed by atoms with Crippen molar-refractivity contribution in [1.82, 2.24) is 4.98 Å². The molecule has 0 saturated carbocycles. The van der Waals surface area contributed by atoms with Crippen LogP contribution in [0.2, 0.25) is 0 Å². The van der Waals surface area contributed by atoms with Crippen LogP contribution in [0.25, 0.3) is 23.1 Å². The van der Waals surface area contributed by atoms with Crippen LogP contribution in [-0.2, 0) is 6.61 Å². The van der Waals surface area contributed by atoms with Crippen molar-refractivity contribution in [2.75, 3.05) is 0 Å². The minimum Gasteiger partial charge on any atom is -0.487 e. The van der Waals surface area contributed by atoms with E-state index in [1.54, 1.807) is 6.20 Å². The number of nitrogens with zero attached hydrogens (tertiary/aromatic N) is 1. The van der Waals surface area contributed by atoms with Crippen LogP contribution in [-0.4, -0.2) is 4.98 Å². The molecule has 0 atom stereocenters. The van der Waals surface area contributed by atoms with Gasteiger partial charge in [0.2, 0.25) is 0 Å². The normalized spacial score (nSPS) is 11.1. The molecule has 1 heterocycles. The fourth-order valence-corrected chi connectivity index (χ4v) is 2.84. The summed E-state index contributed by atoms with van der Waals surface area (Å²) in [6.45, 7) is 0.526. The van der Waals surface area contributed by atoms with Gasteiger partial charge in [0.05, 0.1) is 0 Å². The van der Waals surface area contributed by atoms with Crippen molar-refractivity contribution < 1.29 is 4.74 Å². The van der Waals surface area contributed by atoms with Gasteiger partial charge in [-0.15, -0.1) is 0 Å². The van der Waals surface area contributed by atoms with Gasteiger partial charge in [-0.05, 0) is 28.8 Å². The summed E-state index contributed by atoms with van der Waals surface area (Å²) in [5.41, 5.74) is 4.40. The van der Waals surface area contributed by atoms with Gasteiger partial charge >= 0.3 is 0 Å². The first-order valence-electron chi connectivity index (χ1n) is 8.67. The van der Waals surface area contributed by atoms with Crippen molar-refractivity contribution in [2.24, 2.45) is 0 Å². The molecule has 0 aliphatic carbocycles. The molecule has 26 heavy (non-hydrogen) atoms. The van der Waals surface area contributed by atoms with Crippen LogP contribution in [0.3, 0.4) is 0 Å².